The molecule has 0 aliphatic rings. The molecule has 1 aromatic heterocycles. The van der Waals surface area contributed by atoms with Gasteiger partial charge in [0.2, 0.25) is 0 Å². The second-order valence-corrected chi connectivity index (χ2v) is 4.28. The zero-order valence-electron chi connectivity index (χ0n) is 11.2. The molecule has 0 bridgehead atoms. The molecule has 19 heavy (non-hydrogen) atoms. The molecule has 0 saturated carbocycles. The zero-order chi connectivity index (χ0) is 14.3. The van der Waals surface area contributed by atoms with Crippen molar-refractivity contribution in [2.24, 2.45) is 0 Å². The van der Waals surface area contributed by atoms with Crippen molar-refractivity contribution in [1.29, 1.82) is 0 Å². The number of aromatic nitrogens is 1. The predicted molar refractivity (Wildman–Crippen MR) is 70.8 cm³/mol. The van der Waals surface area contributed by atoms with E-state index in [0.29, 0.717) is 19.4 Å². The van der Waals surface area contributed by atoms with Crippen LogP contribution in [0.1, 0.15) is 18.9 Å². The number of nitrogens with one attached hydrogen (secondary N) is 1. The molecular formula is C13H19N3O3. The first-order valence-electron chi connectivity index (χ1n) is 6.18. The van der Waals surface area contributed by atoms with Crippen LogP contribution in [-0.4, -0.2) is 46.6 Å². The van der Waals surface area contributed by atoms with Crippen molar-refractivity contribution < 1.29 is 14.7 Å². The molecule has 0 aliphatic carbocycles. The summed E-state index contributed by atoms with van der Waals surface area (Å²) in [5.74, 6) is -1.02. The smallest absolute Gasteiger partial charge is 0.326 e. The topological polar surface area (TPSA) is 82.5 Å². The summed E-state index contributed by atoms with van der Waals surface area (Å²) >= 11 is 0. The van der Waals surface area contributed by atoms with E-state index in [-0.39, 0.29) is 6.03 Å². The van der Waals surface area contributed by atoms with E-state index < -0.39 is 12.0 Å². The van der Waals surface area contributed by atoms with E-state index in [1.807, 2.05) is 12.1 Å². The summed E-state index contributed by atoms with van der Waals surface area (Å²) in [5, 5.41) is 11.3. The average Bonchev–Trinajstić information content (AvgIpc) is 2.42. The van der Waals surface area contributed by atoms with Crippen molar-refractivity contribution in [2.45, 2.75) is 25.8 Å². The lowest BCUT2D eigenvalue weighted by Gasteiger charge is -2.20. The summed E-state index contributed by atoms with van der Waals surface area (Å²) in [4.78, 5) is 28.0. The van der Waals surface area contributed by atoms with Crippen LogP contribution in [-0.2, 0) is 11.2 Å². The van der Waals surface area contributed by atoms with Crippen LogP contribution < -0.4 is 5.32 Å². The molecule has 6 heteroatoms. The Morgan fingerprint density at radius 2 is 2.05 bits per heavy atom. The standard InChI is InChI=1S/C13H19N3O3/c1-3-11(12(17)18)15-13(19)16(2)9-6-10-4-7-14-8-5-10/h4-5,7-8,11H,3,6,9H2,1-2H3,(H,15,19)(H,17,18). The van der Waals surface area contributed by atoms with Crippen molar-refractivity contribution in [3.63, 3.8) is 0 Å². The molecule has 0 radical (unpaired) electrons. The number of aliphatic carboxylic acids is 1. The Kier molecular flexibility index (Phi) is 5.78. The summed E-state index contributed by atoms with van der Waals surface area (Å²) in [6.07, 6.45) is 4.47. The van der Waals surface area contributed by atoms with Crippen LogP contribution in [0.2, 0.25) is 0 Å². The van der Waals surface area contributed by atoms with Crippen molar-refractivity contribution in [2.75, 3.05) is 13.6 Å². The van der Waals surface area contributed by atoms with Crippen molar-refractivity contribution in [3.05, 3.63) is 30.1 Å². The number of rotatable bonds is 6. The minimum Gasteiger partial charge on any atom is -0.480 e. The lowest BCUT2D eigenvalue weighted by molar-refractivity contribution is -0.139. The molecular weight excluding hydrogens is 246 g/mol. The van der Waals surface area contributed by atoms with Gasteiger partial charge in [0.1, 0.15) is 6.04 Å². The van der Waals surface area contributed by atoms with Gasteiger partial charge in [0.15, 0.2) is 0 Å². The van der Waals surface area contributed by atoms with E-state index >= 15 is 0 Å². The first-order chi connectivity index (χ1) is 9.04. The van der Waals surface area contributed by atoms with Gasteiger partial charge in [-0.2, -0.15) is 0 Å². The second kappa shape index (κ2) is 7.35. The summed E-state index contributed by atoms with van der Waals surface area (Å²) in [6, 6.07) is 2.56. The van der Waals surface area contributed by atoms with E-state index in [1.165, 1.54) is 4.90 Å². The maximum atomic E-state index is 11.8. The van der Waals surface area contributed by atoms with E-state index in [1.54, 1.807) is 26.4 Å². The quantitative estimate of drug-likeness (QED) is 0.807. The van der Waals surface area contributed by atoms with Gasteiger partial charge in [0, 0.05) is 26.0 Å². The van der Waals surface area contributed by atoms with Crippen molar-refractivity contribution in [1.82, 2.24) is 15.2 Å². The van der Waals surface area contributed by atoms with Gasteiger partial charge in [-0.05, 0) is 30.5 Å². The number of carboxylic acid groups (broad SMARTS) is 1. The Morgan fingerprint density at radius 3 is 2.58 bits per heavy atom. The van der Waals surface area contributed by atoms with Crippen molar-refractivity contribution >= 4 is 12.0 Å². The largest absolute Gasteiger partial charge is 0.480 e. The molecule has 2 N–H and O–H groups in total. The van der Waals surface area contributed by atoms with E-state index in [2.05, 4.69) is 10.3 Å². The van der Waals surface area contributed by atoms with Crippen LogP contribution in [0.3, 0.4) is 0 Å². The van der Waals surface area contributed by atoms with E-state index in [4.69, 9.17) is 5.11 Å². The highest BCUT2D eigenvalue weighted by Gasteiger charge is 2.19. The zero-order valence-corrected chi connectivity index (χ0v) is 11.2. The monoisotopic (exact) mass is 265 g/mol. The number of nitrogens with zero attached hydrogens (tertiary/aromatic N) is 2. The maximum absolute atomic E-state index is 11.8. The number of pyridine rings is 1. The molecule has 1 atom stereocenters. The summed E-state index contributed by atoms with van der Waals surface area (Å²) < 4.78 is 0. The molecule has 2 amide bonds. The number of carbonyl (C=O) groups excluding carboxylic acids is 1. The Balaban J connectivity index is 2.42. The fourth-order valence-corrected chi connectivity index (χ4v) is 1.55. The summed E-state index contributed by atoms with van der Waals surface area (Å²) in [5.41, 5.74) is 1.08. The number of carboxylic acids is 1. The number of likely N-dealkylation sites (N-methyl/N-ethyl adjacent to an activating group) is 1. The SMILES string of the molecule is CCC(NC(=O)N(C)CCc1ccncc1)C(=O)O. The summed E-state index contributed by atoms with van der Waals surface area (Å²) in [6.45, 7) is 2.24. The third kappa shape index (κ3) is 4.95. The molecule has 1 unspecified atom stereocenters. The molecule has 0 spiro atoms. The molecule has 0 fully saturated rings. The predicted octanol–water partition coefficient (Wildman–Crippen LogP) is 1.13. The Bertz CT molecular complexity index is 422. The van der Waals surface area contributed by atoms with E-state index in [0.717, 1.165) is 5.56 Å². The molecule has 1 rings (SSSR count). The number of carbonyl (C=O) groups is 2. The molecule has 6 nitrogen and oxygen atoms in total. The van der Waals surface area contributed by atoms with Crippen LogP contribution >= 0.6 is 0 Å². The summed E-state index contributed by atoms with van der Waals surface area (Å²) in [7, 11) is 1.64. The fourth-order valence-electron chi connectivity index (χ4n) is 1.55. The van der Waals surface area contributed by atoms with Gasteiger partial charge in [0.05, 0.1) is 0 Å². The van der Waals surface area contributed by atoms with Gasteiger partial charge < -0.3 is 15.3 Å². The van der Waals surface area contributed by atoms with E-state index in [9.17, 15) is 9.59 Å². The lowest BCUT2D eigenvalue weighted by atomic mass is 10.2. The molecule has 0 saturated heterocycles. The highest BCUT2D eigenvalue weighted by atomic mass is 16.4. The van der Waals surface area contributed by atoms with Gasteiger partial charge in [-0.15, -0.1) is 0 Å². The highest BCUT2D eigenvalue weighted by Crippen LogP contribution is 2.00. The molecule has 1 aromatic rings. The minimum absolute atomic E-state index is 0.360. The normalized spacial score (nSPS) is 11.7. The molecule has 0 aromatic carbocycles. The number of urea groups is 1. The minimum atomic E-state index is -1.02. The highest BCUT2D eigenvalue weighted by molar-refractivity contribution is 5.82. The van der Waals surface area contributed by atoms with Gasteiger partial charge in [-0.3, -0.25) is 4.98 Å². The molecule has 1 heterocycles. The second-order valence-electron chi connectivity index (χ2n) is 4.28. The van der Waals surface area contributed by atoms with Crippen LogP contribution in [0, 0.1) is 0 Å². The molecule has 104 valence electrons. The van der Waals surface area contributed by atoms with Gasteiger partial charge in [-0.25, -0.2) is 9.59 Å². The van der Waals surface area contributed by atoms with Crippen LogP contribution in [0.5, 0.6) is 0 Å². The van der Waals surface area contributed by atoms with Crippen LogP contribution in [0.15, 0.2) is 24.5 Å². The Morgan fingerprint density at radius 1 is 1.42 bits per heavy atom. The number of amides is 2. The number of hydrogen-bond acceptors (Lipinski definition) is 3. The first kappa shape index (κ1) is 14.9. The van der Waals surface area contributed by atoms with Crippen molar-refractivity contribution in [3.8, 4) is 0 Å². The number of hydrogen-bond donors (Lipinski definition) is 2. The van der Waals surface area contributed by atoms with Crippen LogP contribution in [0.4, 0.5) is 4.79 Å². The third-order valence-electron chi connectivity index (χ3n) is 2.84. The van der Waals surface area contributed by atoms with Crippen LogP contribution in [0.25, 0.3) is 0 Å². The van der Waals surface area contributed by atoms with Gasteiger partial charge in [-0.1, -0.05) is 6.92 Å². The molecule has 0 aliphatic heterocycles. The maximum Gasteiger partial charge on any atom is 0.326 e. The Hall–Kier alpha value is -2.11. The lowest BCUT2D eigenvalue weighted by Crippen LogP contribution is -2.46. The Labute approximate surface area is 112 Å². The average molecular weight is 265 g/mol. The third-order valence-corrected chi connectivity index (χ3v) is 2.84. The fraction of sp³-hybridized carbons (Fsp3) is 0.462. The van der Waals surface area contributed by atoms with Gasteiger partial charge in [0.25, 0.3) is 0 Å². The van der Waals surface area contributed by atoms with Gasteiger partial charge >= 0.3 is 12.0 Å². The first-order valence-corrected chi connectivity index (χ1v) is 6.18.